The van der Waals surface area contributed by atoms with E-state index in [9.17, 15) is 9.18 Å². The van der Waals surface area contributed by atoms with Gasteiger partial charge in [-0.05, 0) is 50.3 Å². The normalized spacial score (nSPS) is 15.7. The van der Waals surface area contributed by atoms with Crippen LogP contribution in [0.2, 0.25) is 0 Å². The minimum Gasteiger partial charge on any atom is -0.461 e. The molecule has 3 heterocycles. The Balaban J connectivity index is 1.48. The Morgan fingerprint density at radius 3 is 2.62 bits per heavy atom. The second-order valence-electron chi connectivity index (χ2n) is 8.99. The molecule has 1 saturated carbocycles. The van der Waals surface area contributed by atoms with E-state index in [1.54, 1.807) is 23.7 Å². The van der Waals surface area contributed by atoms with E-state index >= 15 is 0 Å². The highest BCUT2D eigenvalue weighted by Gasteiger charge is 2.22. The molecule has 0 atom stereocenters. The molecule has 5 rings (SSSR count). The van der Waals surface area contributed by atoms with E-state index in [1.807, 2.05) is 19.1 Å². The molecule has 6 heteroatoms. The fourth-order valence-corrected chi connectivity index (χ4v) is 5.02. The third-order valence-electron chi connectivity index (χ3n) is 6.51. The molecule has 3 aromatic heterocycles. The maximum Gasteiger partial charge on any atom is 0.259 e. The third-order valence-corrected chi connectivity index (χ3v) is 6.51. The summed E-state index contributed by atoms with van der Waals surface area (Å²) < 4.78 is 22.0. The molecule has 1 aliphatic rings. The summed E-state index contributed by atoms with van der Waals surface area (Å²) in [6.45, 7) is 3.71. The van der Waals surface area contributed by atoms with Crippen molar-refractivity contribution in [2.45, 2.75) is 64.7 Å². The van der Waals surface area contributed by atoms with Crippen LogP contribution < -0.4 is 5.32 Å². The van der Waals surface area contributed by atoms with Crippen molar-refractivity contribution in [1.29, 1.82) is 0 Å². The van der Waals surface area contributed by atoms with Gasteiger partial charge in [0.1, 0.15) is 11.3 Å². The van der Waals surface area contributed by atoms with E-state index in [-0.39, 0.29) is 11.6 Å². The number of hydrogen-bond acceptors (Lipinski definition) is 3. The predicted molar refractivity (Wildman–Crippen MR) is 124 cm³/mol. The lowest BCUT2D eigenvalue weighted by atomic mass is 9.84. The molecule has 1 fully saturated rings. The number of anilines is 1. The molecule has 1 N–H and O–H groups in total. The van der Waals surface area contributed by atoms with Gasteiger partial charge in [0.2, 0.25) is 0 Å². The molecule has 0 radical (unpaired) electrons. The first-order valence-corrected chi connectivity index (χ1v) is 11.5. The number of benzene rings is 1. The number of nitrogens with one attached hydrogen (secondary N) is 1. The second kappa shape index (κ2) is 8.41. The quantitative estimate of drug-likeness (QED) is 0.382. The molecule has 166 valence electrons. The minimum absolute atomic E-state index is 0.244. The summed E-state index contributed by atoms with van der Waals surface area (Å²) in [6, 6.07) is 7.28. The van der Waals surface area contributed by atoms with Crippen molar-refractivity contribution in [3.63, 3.8) is 0 Å². The second-order valence-corrected chi connectivity index (χ2v) is 8.99. The number of furan rings is 1. The van der Waals surface area contributed by atoms with E-state index in [2.05, 4.69) is 16.4 Å². The van der Waals surface area contributed by atoms with Crippen molar-refractivity contribution in [2.75, 3.05) is 5.32 Å². The van der Waals surface area contributed by atoms with Crippen molar-refractivity contribution in [1.82, 2.24) is 9.38 Å². The molecule has 1 aliphatic carbocycles. The van der Waals surface area contributed by atoms with E-state index in [4.69, 9.17) is 4.42 Å². The Labute approximate surface area is 186 Å². The highest BCUT2D eigenvalue weighted by atomic mass is 19.1. The predicted octanol–water partition coefficient (Wildman–Crippen LogP) is 6.92. The van der Waals surface area contributed by atoms with Gasteiger partial charge in [0, 0.05) is 23.8 Å². The van der Waals surface area contributed by atoms with Crippen LogP contribution in [0.3, 0.4) is 0 Å². The van der Waals surface area contributed by atoms with Crippen LogP contribution in [0.1, 0.15) is 78.2 Å². The zero-order valence-electron chi connectivity index (χ0n) is 18.6. The standard InChI is InChI=1S/C26H28FN3O2/c1-16-14-30-15-19(13-23(27)25(30)28-16)29-26(31)21-11-10-20(22-12-17(2)32-24(21)22)18-8-6-4-3-5-7-9-18/h10-15,18H,3-9H2,1-2H3,(H,29,31). The first-order valence-electron chi connectivity index (χ1n) is 11.5. The van der Waals surface area contributed by atoms with Crippen LogP contribution >= 0.6 is 0 Å². The molecule has 0 saturated heterocycles. The largest absolute Gasteiger partial charge is 0.461 e. The molecule has 4 aromatic rings. The number of imidazole rings is 1. The number of carbonyl (C=O) groups excluding carboxylic acids is 1. The lowest BCUT2D eigenvalue weighted by Crippen LogP contribution is -2.13. The Morgan fingerprint density at radius 2 is 1.84 bits per heavy atom. The number of carbonyl (C=O) groups is 1. The Kier molecular flexibility index (Phi) is 5.45. The smallest absolute Gasteiger partial charge is 0.259 e. The van der Waals surface area contributed by atoms with Crippen molar-refractivity contribution in [3.05, 3.63) is 65.1 Å². The number of amides is 1. The van der Waals surface area contributed by atoms with E-state index in [0.29, 0.717) is 28.4 Å². The molecular weight excluding hydrogens is 405 g/mol. The van der Waals surface area contributed by atoms with Gasteiger partial charge in [0.05, 0.1) is 16.9 Å². The Hall–Kier alpha value is -3.15. The van der Waals surface area contributed by atoms with Crippen molar-refractivity contribution < 1.29 is 13.6 Å². The molecule has 0 bridgehead atoms. The number of hydrogen-bond donors (Lipinski definition) is 1. The van der Waals surface area contributed by atoms with Crippen LogP contribution in [0.15, 0.2) is 41.1 Å². The number of nitrogens with zero attached hydrogens (tertiary/aromatic N) is 2. The minimum atomic E-state index is -0.477. The first-order chi connectivity index (χ1) is 15.5. The molecule has 5 nitrogen and oxygen atoms in total. The van der Waals surface area contributed by atoms with Crippen LogP contribution in [0, 0.1) is 19.7 Å². The van der Waals surface area contributed by atoms with Crippen LogP contribution in [0.25, 0.3) is 16.6 Å². The average molecular weight is 434 g/mol. The Bertz CT molecular complexity index is 1300. The fraction of sp³-hybridized carbons (Fsp3) is 0.385. The van der Waals surface area contributed by atoms with Crippen LogP contribution in [-0.2, 0) is 0 Å². The van der Waals surface area contributed by atoms with Gasteiger partial charge in [-0.1, -0.05) is 38.2 Å². The number of rotatable bonds is 3. The lowest BCUT2D eigenvalue weighted by molar-refractivity contribution is 0.102. The van der Waals surface area contributed by atoms with Gasteiger partial charge in [0.15, 0.2) is 11.5 Å². The summed E-state index contributed by atoms with van der Waals surface area (Å²) in [5, 5.41) is 3.85. The maximum absolute atomic E-state index is 14.4. The van der Waals surface area contributed by atoms with Crippen LogP contribution in [-0.4, -0.2) is 15.3 Å². The lowest BCUT2D eigenvalue weighted by Gasteiger charge is -2.21. The van der Waals surface area contributed by atoms with Gasteiger partial charge >= 0.3 is 0 Å². The molecule has 0 unspecified atom stereocenters. The molecule has 32 heavy (non-hydrogen) atoms. The van der Waals surface area contributed by atoms with E-state index in [1.165, 1.54) is 56.6 Å². The first kappa shape index (κ1) is 20.7. The van der Waals surface area contributed by atoms with Gasteiger partial charge in [-0.25, -0.2) is 9.37 Å². The highest BCUT2D eigenvalue weighted by molar-refractivity contribution is 6.12. The zero-order valence-corrected chi connectivity index (χ0v) is 18.6. The average Bonchev–Trinajstić information content (AvgIpc) is 3.29. The van der Waals surface area contributed by atoms with Crippen molar-refractivity contribution >= 4 is 28.2 Å². The summed E-state index contributed by atoms with van der Waals surface area (Å²) in [6.07, 6.45) is 12.2. The maximum atomic E-state index is 14.4. The number of halogens is 1. The summed E-state index contributed by atoms with van der Waals surface area (Å²) >= 11 is 0. The van der Waals surface area contributed by atoms with Crippen molar-refractivity contribution in [3.8, 4) is 0 Å². The van der Waals surface area contributed by atoms with Gasteiger partial charge in [-0.3, -0.25) is 4.79 Å². The van der Waals surface area contributed by atoms with Crippen LogP contribution in [0.5, 0.6) is 0 Å². The third kappa shape index (κ3) is 3.90. The van der Waals surface area contributed by atoms with Gasteiger partial charge < -0.3 is 14.1 Å². The molecule has 1 aromatic carbocycles. The van der Waals surface area contributed by atoms with Gasteiger partial charge in [0.25, 0.3) is 5.91 Å². The fourth-order valence-electron chi connectivity index (χ4n) is 5.02. The number of aryl methyl sites for hydroxylation is 2. The topological polar surface area (TPSA) is 59.5 Å². The number of pyridine rings is 1. The molecule has 1 amide bonds. The van der Waals surface area contributed by atoms with E-state index < -0.39 is 5.82 Å². The van der Waals surface area contributed by atoms with E-state index in [0.717, 1.165) is 11.1 Å². The molecule has 0 spiro atoms. The zero-order chi connectivity index (χ0) is 22.2. The summed E-state index contributed by atoms with van der Waals surface area (Å²) in [7, 11) is 0. The summed E-state index contributed by atoms with van der Waals surface area (Å²) in [5.41, 5.74) is 3.68. The summed E-state index contributed by atoms with van der Waals surface area (Å²) in [4.78, 5) is 17.3. The Morgan fingerprint density at radius 1 is 1.09 bits per heavy atom. The number of fused-ring (bicyclic) bond motifs is 2. The number of aromatic nitrogens is 2. The molecule has 0 aliphatic heterocycles. The van der Waals surface area contributed by atoms with Crippen LogP contribution in [0.4, 0.5) is 10.1 Å². The monoisotopic (exact) mass is 433 g/mol. The van der Waals surface area contributed by atoms with Gasteiger partial charge in [-0.2, -0.15) is 0 Å². The van der Waals surface area contributed by atoms with Gasteiger partial charge in [-0.15, -0.1) is 0 Å². The SMILES string of the molecule is Cc1cn2cc(NC(=O)c3ccc(C4CCCCCCC4)c4cc(C)oc34)cc(F)c2n1. The summed E-state index contributed by atoms with van der Waals surface area (Å²) in [5.74, 6) is 0.486. The molecular formula is C26H28FN3O2. The van der Waals surface area contributed by atoms with Crippen molar-refractivity contribution in [2.24, 2.45) is 0 Å². The highest BCUT2D eigenvalue weighted by Crippen LogP contribution is 2.37.